The van der Waals surface area contributed by atoms with Crippen molar-refractivity contribution >= 4 is 0 Å². The smallest absolute Gasteiger partial charge is 0.322 e. The van der Waals surface area contributed by atoms with Crippen molar-refractivity contribution in [2.24, 2.45) is 5.73 Å². The zero-order chi connectivity index (χ0) is 13.7. The number of hydrogen-bond acceptors (Lipinski definition) is 5. The maximum atomic E-state index is 5.63. The van der Waals surface area contributed by atoms with Crippen LogP contribution in [0, 0.1) is 6.92 Å². The Morgan fingerprint density at radius 1 is 1.32 bits per heavy atom. The van der Waals surface area contributed by atoms with E-state index in [4.69, 9.17) is 15.2 Å². The minimum absolute atomic E-state index is 0.323. The number of aryl methyl sites for hydroxylation is 1. The Bertz CT molecular complexity index is 558. The molecule has 0 fully saturated rings. The molecule has 2 aromatic rings. The van der Waals surface area contributed by atoms with E-state index in [0.29, 0.717) is 24.9 Å². The number of methoxy groups -OCH3 is 1. The molecule has 1 heterocycles. The van der Waals surface area contributed by atoms with Gasteiger partial charge in [0.25, 0.3) is 0 Å². The minimum Gasteiger partial charge on any atom is -0.424 e. The molecule has 0 aliphatic rings. The summed E-state index contributed by atoms with van der Waals surface area (Å²) in [5.41, 5.74) is 8.36. The molecule has 0 atom stereocenters. The molecule has 5 heteroatoms. The lowest BCUT2D eigenvalue weighted by Gasteiger charge is -2.07. The Morgan fingerprint density at radius 2 is 2.16 bits per heavy atom. The van der Waals surface area contributed by atoms with Gasteiger partial charge in [0.15, 0.2) is 0 Å². The van der Waals surface area contributed by atoms with Crippen LogP contribution in [0.5, 0.6) is 11.8 Å². The molecule has 1 aromatic heterocycles. The second-order valence-electron chi connectivity index (χ2n) is 4.15. The van der Waals surface area contributed by atoms with E-state index in [9.17, 15) is 0 Å². The monoisotopic (exact) mass is 259 g/mol. The predicted molar refractivity (Wildman–Crippen MR) is 71.9 cm³/mol. The van der Waals surface area contributed by atoms with Crippen LogP contribution in [0.15, 0.2) is 30.5 Å². The standard InChI is InChI=1S/C14H17N3O2/c1-10-12(7-15)8-16-14(17-10)19-13-5-3-4-11(6-13)9-18-2/h3-6,8H,7,9,15H2,1-2H3. The van der Waals surface area contributed by atoms with E-state index in [1.807, 2.05) is 31.2 Å². The first-order valence-electron chi connectivity index (χ1n) is 6.01. The normalized spacial score (nSPS) is 10.5. The van der Waals surface area contributed by atoms with Gasteiger partial charge in [0.2, 0.25) is 0 Å². The third kappa shape index (κ3) is 3.49. The van der Waals surface area contributed by atoms with Gasteiger partial charge in [-0.15, -0.1) is 0 Å². The fourth-order valence-corrected chi connectivity index (χ4v) is 1.69. The van der Waals surface area contributed by atoms with E-state index in [2.05, 4.69) is 9.97 Å². The highest BCUT2D eigenvalue weighted by Crippen LogP contribution is 2.20. The number of nitrogens with zero attached hydrogens (tertiary/aromatic N) is 2. The lowest BCUT2D eigenvalue weighted by molar-refractivity contribution is 0.184. The van der Waals surface area contributed by atoms with Crippen LogP contribution in [0.1, 0.15) is 16.8 Å². The lowest BCUT2D eigenvalue weighted by atomic mass is 10.2. The van der Waals surface area contributed by atoms with Crippen molar-refractivity contribution in [2.45, 2.75) is 20.1 Å². The summed E-state index contributed by atoms with van der Waals surface area (Å²) in [6.45, 7) is 2.86. The molecule has 0 saturated heterocycles. The molecule has 0 saturated carbocycles. The average Bonchev–Trinajstić information content (AvgIpc) is 2.40. The third-order valence-electron chi connectivity index (χ3n) is 2.70. The molecular formula is C14H17N3O2. The molecule has 0 unspecified atom stereocenters. The van der Waals surface area contributed by atoms with Crippen LogP contribution in [-0.4, -0.2) is 17.1 Å². The van der Waals surface area contributed by atoms with Gasteiger partial charge in [0.05, 0.1) is 6.61 Å². The van der Waals surface area contributed by atoms with Crippen LogP contribution in [0.3, 0.4) is 0 Å². The van der Waals surface area contributed by atoms with Gasteiger partial charge >= 0.3 is 6.01 Å². The highest BCUT2D eigenvalue weighted by Gasteiger charge is 2.05. The number of ether oxygens (including phenoxy) is 2. The average molecular weight is 259 g/mol. The fraction of sp³-hybridized carbons (Fsp3) is 0.286. The molecule has 0 bridgehead atoms. The molecule has 0 radical (unpaired) electrons. The summed E-state index contributed by atoms with van der Waals surface area (Å²) >= 11 is 0. The number of rotatable bonds is 5. The largest absolute Gasteiger partial charge is 0.424 e. The molecule has 100 valence electrons. The van der Waals surface area contributed by atoms with Crippen LogP contribution < -0.4 is 10.5 Å². The van der Waals surface area contributed by atoms with Gasteiger partial charge in [-0.05, 0) is 24.6 Å². The summed E-state index contributed by atoms with van der Waals surface area (Å²) < 4.78 is 10.7. The quantitative estimate of drug-likeness (QED) is 0.891. The Hall–Kier alpha value is -1.98. The number of benzene rings is 1. The third-order valence-corrected chi connectivity index (χ3v) is 2.70. The van der Waals surface area contributed by atoms with Crippen LogP contribution >= 0.6 is 0 Å². The maximum Gasteiger partial charge on any atom is 0.322 e. The first-order valence-corrected chi connectivity index (χ1v) is 6.01. The highest BCUT2D eigenvalue weighted by molar-refractivity contribution is 5.30. The van der Waals surface area contributed by atoms with Crippen molar-refractivity contribution < 1.29 is 9.47 Å². The molecule has 0 aliphatic carbocycles. The molecule has 2 N–H and O–H groups in total. The lowest BCUT2D eigenvalue weighted by Crippen LogP contribution is -2.03. The Kier molecular flexibility index (Phi) is 4.43. The van der Waals surface area contributed by atoms with Crippen LogP contribution in [0.4, 0.5) is 0 Å². The van der Waals surface area contributed by atoms with Crippen molar-refractivity contribution in [3.05, 3.63) is 47.3 Å². The molecule has 0 spiro atoms. The van der Waals surface area contributed by atoms with E-state index in [1.54, 1.807) is 13.3 Å². The van der Waals surface area contributed by atoms with Gasteiger partial charge in [-0.3, -0.25) is 0 Å². The molecule has 2 rings (SSSR count). The molecule has 0 amide bonds. The highest BCUT2D eigenvalue weighted by atomic mass is 16.5. The SMILES string of the molecule is COCc1cccc(Oc2ncc(CN)c(C)n2)c1. The van der Waals surface area contributed by atoms with Crippen LogP contribution in [0.25, 0.3) is 0 Å². The van der Waals surface area contributed by atoms with Crippen molar-refractivity contribution in [3.63, 3.8) is 0 Å². The van der Waals surface area contributed by atoms with E-state index < -0.39 is 0 Å². The van der Waals surface area contributed by atoms with E-state index in [-0.39, 0.29) is 0 Å². The van der Waals surface area contributed by atoms with Crippen molar-refractivity contribution in [3.8, 4) is 11.8 Å². The van der Waals surface area contributed by atoms with Crippen LogP contribution in [-0.2, 0) is 17.9 Å². The summed E-state index contributed by atoms with van der Waals surface area (Å²) in [5.74, 6) is 0.689. The molecule has 5 nitrogen and oxygen atoms in total. The maximum absolute atomic E-state index is 5.63. The predicted octanol–water partition coefficient (Wildman–Crippen LogP) is 2.18. The summed E-state index contributed by atoms with van der Waals surface area (Å²) in [6, 6.07) is 7.96. The minimum atomic E-state index is 0.323. The molecular weight excluding hydrogens is 242 g/mol. The summed E-state index contributed by atoms with van der Waals surface area (Å²) in [6.07, 6.45) is 1.69. The van der Waals surface area contributed by atoms with Gasteiger partial charge < -0.3 is 15.2 Å². The zero-order valence-electron chi connectivity index (χ0n) is 11.1. The Morgan fingerprint density at radius 3 is 2.84 bits per heavy atom. The van der Waals surface area contributed by atoms with Crippen molar-refractivity contribution in [1.29, 1.82) is 0 Å². The number of nitrogens with two attached hydrogens (primary N) is 1. The van der Waals surface area contributed by atoms with Crippen LogP contribution in [0.2, 0.25) is 0 Å². The van der Waals surface area contributed by atoms with Crippen molar-refractivity contribution in [1.82, 2.24) is 9.97 Å². The first-order chi connectivity index (χ1) is 9.22. The fourth-order valence-electron chi connectivity index (χ4n) is 1.69. The van der Waals surface area contributed by atoms with E-state index in [1.165, 1.54) is 0 Å². The van der Waals surface area contributed by atoms with Gasteiger partial charge in [-0.1, -0.05) is 12.1 Å². The number of hydrogen-bond donors (Lipinski definition) is 1. The van der Waals surface area contributed by atoms with Gasteiger partial charge in [0, 0.05) is 31.1 Å². The second-order valence-corrected chi connectivity index (χ2v) is 4.15. The second kappa shape index (κ2) is 6.26. The molecule has 1 aromatic carbocycles. The summed E-state index contributed by atoms with van der Waals surface area (Å²) in [5, 5.41) is 0. The first kappa shape index (κ1) is 13.5. The summed E-state index contributed by atoms with van der Waals surface area (Å²) in [4.78, 5) is 8.41. The van der Waals surface area contributed by atoms with Gasteiger partial charge in [0.1, 0.15) is 5.75 Å². The molecule has 19 heavy (non-hydrogen) atoms. The van der Waals surface area contributed by atoms with E-state index in [0.717, 1.165) is 16.8 Å². The topological polar surface area (TPSA) is 70.3 Å². The Balaban J connectivity index is 2.16. The zero-order valence-corrected chi connectivity index (χ0v) is 11.1. The van der Waals surface area contributed by atoms with Crippen molar-refractivity contribution in [2.75, 3.05) is 7.11 Å². The van der Waals surface area contributed by atoms with Gasteiger partial charge in [-0.2, -0.15) is 4.98 Å². The Labute approximate surface area is 112 Å². The molecule has 0 aliphatic heterocycles. The van der Waals surface area contributed by atoms with Gasteiger partial charge in [-0.25, -0.2) is 4.98 Å². The number of aromatic nitrogens is 2. The summed E-state index contributed by atoms with van der Waals surface area (Å²) in [7, 11) is 1.66. The van der Waals surface area contributed by atoms with E-state index >= 15 is 0 Å².